The van der Waals surface area contributed by atoms with Gasteiger partial charge in [-0.1, -0.05) is 6.07 Å². The van der Waals surface area contributed by atoms with Gasteiger partial charge in [-0.2, -0.15) is 0 Å². The van der Waals surface area contributed by atoms with Gasteiger partial charge in [0.15, 0.2) is 5.11 Å². The minimum atomic E-state index is -0.154. The second-order valence-corrected chi connectivity index (χ2v) is 7.30. The number of aromatic amines is 1. The number of H-pyrrole nitrogens is 1. The Bertz CT molecular complexity index is 1090. The fraction of sp³-hybridized carbons (Fsp3) is 0.273. The molecule has 0 spiro atoms. The summed E-state index contributed by atoms with van der Waals surface area (Å²) in [5, 5.41) is 7.66. The summed E-state index contributed by atoms with van der Waals surface area (Å²) in [6.45, 7) is 4.62. The van der Waals surface area contributed by atoms with E-state index in [1.54, 1.807) is 20.3 Å². The second kappa shape index (κ2) is 8.96. The number of thiocarbonyl (C=S) groups is 1. The lowest BCUT2D eigenvalue weighted by Gasteiger charge is -2.13. The van der Waals surface area contributed by atoms with Crippen LogP contribution in [0.1, 0.15) is 16.7 Å². The van der Waals surface area contributed by atoms with Crippen molar-refractivity contribution in [3.63, 3.8) is 0 Å². The zero-order valence-corrected chi connectivity index (χ0v) is 17.8. The number of aryl methyl sites for hydroxylation is 2. The molecule has 0 aliphatic heterocycles. The van der Waals surface area contributed by atoms with Gasteiger partial charge in [0.25, 0.3) is 5.56 Å². The van der Waals surface area contributed by atoms with E-state index in [1.165, 1.54) is 11.1 Å². The maximum Gasteiger partial charge on any atom is 0.251 e. The monoisotopic (exact) mass is 411 g/mol. The number of ether oxygens (including phenoxy) is 2. The summed E-state index contributed by atoms with van der Waals surface area (Å²) in [6.07, 6.45) is 0.514. The molecule has 0 amide bonds. The number of methoxy groups -OCH3 is 2. The fourth-order valence-electron chi connectivity index (χ4n) is 3.35. The summed E-state index contributed by atoms with van der Waals surface area (Å²) >= 11 is 5.38. The van der Waals surface area contributed by atoms with Crippen molar-refractivity contribution in [1.82, 2.24) is 10.3 Å². The first-order valence-electron chi connectivity index (χ1n) is 9.31. The van der Waals surface area contributed by atoms with Crippen molar-refractivity contribution in [3.05, 3.63) is 63.4 Å². The highest BCUT2D eigenvalue weighted by Crippen LogP contribution is 2.31. The molecule has 3 N–H and O–H groups in total. The standard InChI is InChI=1S/C22H25N3O3S/c1-13-9-14(2)11-16(10-13)24-22(29)23-8-7-15-12-17-18(27-3)5-6-19(28-4)20(17)25-21(15)26/h5-6,9-12H,7-8H2,1-4H3,(H,25,26)(H2,23,24,29). The molecule has 29 heavy (non-hydrogen) atoms. The third-order valence-electron chi connectivity index (χ3n) is 4.62. The molecule has 0 unspecified atom stereocenters. The normalized spacial score (nSPS) is 10.6. The maximum atomic E-state index is 12.5. The Balaban J connectivity index is 1.71. The number of nitrogens with one attached hydrogen (secondary N) is 3. The first kappa shape index (κ1) is 20.7. The van der Waals surface area contributed by atoms with Crippen LogP contribution in [0.2, 0.25) is 0 Å². The third-order valence-corrected chi connectivity index (χ3v) is 4.86. The number of rotatable bonds is 6. The number of hydrogen-bond acceptors (Lipinski definition) is 4. The molecule has 0 saturated carbocycles. The molecule has 0 saturated heterocycles. The van der Waals surface area contributed by atoms with Gasteiger partial charge < -0.3 is 25.1 Å². The lowest BCUT2D eigenvalue weighted by Crippen LogP contribution is -2.31. The summed E-state index contributed by atoms with van der Waals surface area (Å²) in [5.41, 5.74) is 4.40. The minimum absolute atomic E-state index is 0.154. The Hall–Kier alpha value is -3.06. The van der Waals surface area contributed by atoms with E-state index in [9.17, 15) is 4.79 Å². The van der Waals surface area contributed by atoms with E-state index < -0.39 is 0 Å². The predicted octanol–water partition coefficient (Wildman–Crippen LogP) is 3.69. The quantitative estimate of drug-likeness (QED) is 0.537. The molecule has 0 bridgehead atoms. The van der Waals surface area contributed by atoms with Crippen LogP contribution in [0, 0.1) is 13.8 Å². The zero-order chi connectivity index (χ0) is 21.0. The van der Waals surface area contributed by atoms with Crippen molar-refractivity contribution in [2.24, 2.45) is 0 Å². The van der Waals surface area contributed by atoms with Crippen LogP contribution in [0.15, 0.2) is 41.2 Å². The van der Waals surface area contributed by atoms with Crippen LogP contribution in [0.25, 0.3) is 10.9 Å². The van der Waals surface area contributed by atoms with E-state index in [2.05, 4.69) is 21.7 Å². The van der Waals surface area contributed by atoms with Gasteiger partial charge in [0, 0.05) is 23.2 Å². The Kier molecular flexibility index (Phi) is 6.39. The van der Waals surface area contributed by atoms with E-state index in [0.717, 1.165) is 11.1 Å². The molecular formula is C22H25N3O3S. The van der Waals surface area contributed by atoms with Crippen molar-refractivity contribution in [2.75, 3.05) is 26.1 Å². The van der Waals surface area contributed by atoms with Crippen LogP contribution in [0.4, 0.5) is 5.69 Å². The molecule has 1 heterocycles. The van der Waals surface area contributed by atoms with Crippen LogP contribution in [0.3, 0.4) is 0 Å². The SMILES string of the molecule is COc1ccc(OC)c2[nH]c(=O)c(CCNC(=S)Nc3cc(C)cc(C)c3)cc12. The molecule has 0 radical (unpaired) electrons. The molecule has 2 aromatic carbocycles. The van der Waals surface area contributed by atoms with Crippen molar-refractivity contribution < 1.29 is 9.47 Å². The van der Waals surface area contributed by atoms with Gasteiger partial charge in [0.2, 0.25) is 0 Å². The number of benzene rings is 2. The van der Waals surface area contributed by atoms with Gasteiger partial charge in [0.1, 0.15) is 11.5 Å². The van der Waals surface area contributed by atoms with E-state index in [1.807, 2.05) is 38.1 Å². The summed E-state index contributed by atoms with van der Waals surface area (Å²) in [5.74, 6) is 1.28. The van der Waals surface area contributed by atoms with Crippen LogP contribution in [-0.4, -0.2) is 30.9 Å². The Labute approximate surface area is 175 Å². The van der Waals surface area contributed by atoms with Gasteiger partial charge >= 0.3 is 0 Å². The van der Waals surface area contributed by atoms with Crippen molar-refractivity contribution in [2.45, 2.75) is 20.3 Å². The van der Waals surface area contributed by atoms with E-state index in [-0.39, 0.29) is 5.56 Å². The van der Waals surface area contributed by atoms with E-state index in [0.29, 0.717) is 40.7 Å². The Morgan fingerprint density at radius 1 is 1.03 bits per heavy atom. The van der Waals surface area contributed by atoms with Crippen LogP contribution in [0.5, 0.6) is 11.5 Å². The lowest BCUT2D eigenvalue weighted by atomic mass is 10.1. The molecule has 3 aromatic rings. The zero-order valence-electron chi connectivity index (χ0n) is 17.0. The Morgan fingerprint density at radius 3 is 2.34 bits per heavy atom. The average molecular weight is 412 g/mol. The van der Waals surface area contributed by atoms with E-state index >= 15 is 0 Å². The summed E-state index contributed by atoms with van der Waals surface area (Å²) in [4.78, 5) is 15.4. The van der Waals surface area contributed by atoms with Gasteiger partial charge in [-0.15, -0.1) is 0 Å². The molecule has 7 heteroatoms. The van der Waals surface area contributed by atoms with Crippen LogP contribution < -0.4 is 25.7 Å². The largest absolute Gasteiger partial charge is 0.496 e. The number of hydrogen-bond donors (Lipinski definition) is 3. The predicted molar refractivity (Wildman–Crippen MR) is 122 cm³/mol. The molecule has 1 aromatic heterocycles. The molecule has 6 nitrogen and oxygen atoms in total. The first-order valence-corrected chi connectivity index (χ1v) is 9.72. The molecule has 0 aliphatic rings. The number of anilines is 1. The van der Waals surface area contributed by atoms with Gasteiger partial charge in [-0.25, -0.2) is 0 Å². The average Bonchev–Trinajstić information content (AvgIpc) is 2.66. The smallest absolute Gasteiger partial charge is 0.251 e. The van der Waals surface area contributed by atoms with Crippen LogP contribution >= 0.6 is 12.2 Å². The maximum absolute atomic E-state index is 12.5. The van der Waals surface area contributed by atoms with Crippen molar-refractivity contribution >= 4 is 33.9 Å². The molecule has 0 aliphatic carbocycles. The highest BCUT2D eigenvalue weighted by Gasteiger charge is 2.11. The van der Waals surface area contributed by atoms with Gasteiger partial charge in [-0.05, 0) is 73.9 Å². The highest BCUT2D eigenvalue weighted by atomic mass is 32.1. The Morgan fingerprint density at radius 2 is 1.69 bits per heavy atom. The third kappa shape index (κ3) is 4.86. The number of fused-ring (bicyclic) bond motifs is 1. The minimum Gasteiger partial charge on any atom is -0.496 e. The van der Waals surface area contributed by atoms with Crippen molar-refractivity contribution in [3.8, 4) is 11.5 Å². The molecule has 0 fully saturated rings. The molecular weight excluding hydrogens is 386 g/mol. The molecule has 0 atom stereocenters. The summed E-state index contributed by atoms with van der Waals surface area (Å²) in [6, 6.07) is 11.6. The highest BCUT2D eigenvalue weighted by molar-refractivity contribution is 7.80. The number of pyridine rings is 1. The second-order valence-electron chi connectivity index (χ2n) is 6.89. The molecule has 152 valence electrons. The van der Waals surface area contributed by atoms with E-state index in [4.69, 9.17) is 21.7 Å². The summed E-state index contributed by atoms with van der Waals surface area (Å²) < 4.78 is 10.8. The first-order chi connectivity index (χ1) is 13.9. The van der Waals surface area contributed by atoms with Crippen LogP contribution in [-0.2, 0) is 6.42 Å². The van der Waals surface area contributed by atoms with Crippen molar-refractivity contribution in [1.29, 1.82) is 0 Å². The lowest BCUT2D eigenvalue weighted by molar-refractivity contribution is 0.409. The summed E-state index contributed by atoms with van der Waals surface area (Å²) in [7, 11) is 3.17. The van der Waals surface area contributed by atoms with Gasteiger partial charge in [0.05, 0.1) is 19.7 Å². The fourth-order valence-corrected chi connectivity index (χ4v) is 3.57. The molecule has 3 rings (SSSR count). The number of aromatic nitrogens is 1. The van der Waals surface area contributed by atoms with Gasteiger partial charge in [-0.3, -0.25) is 4.79 Å². The topological polar surface area (TPSA) is 75.4 Å².